The molecule has 30 heavy (non-hydrogen) atoms. The number of nitrogens with zero attached hydrogens (tertiary/aromatic N) is 1. The van der Waals surface area contributed by atoms with E-state index in [1.54, 1.807) is 42.5 Å². The summed E-state index contributed by atoms with van der Waals surface area (Å²) in [7, 11) is 3.73. The highest BCUT2D eigenvalue weighted by Crippen LogP contribution is 2.23. The fraction of sp³-hybridized carbons (Fsp3) is 0.130. The van der Waals surface area contributed by atoms with Crippen molar-refractivity contribution in [2.45, 2.75) is 6.54 Å². The second-order valence-electron chi connectivity index (χ2n) is 6.88. The van der Waals surface area contributed by atoms with E-state index in [1.807, 2.05) is 49.3 Å². The summed E-state index contributed by atoms with van der Waals surface area (Å²) >= 11 is 5.86. The molecule has 0 saturated heterocycles. The lowest BCUT2D eigenvalue weighted by Gasteiger charge is -2.18. The molecule has 3 aromatic carbocycles. The molecule has 0 aliphatic rings. The highest BCUT2D eigenvalue weighted by Gasteiger charge is 2.15. The maximum atomic E-state index is 12.8. The molecule has 3 N–H and O–H groups in total. The van der Waals surface area contributed by atoms with E-state index in [0.717, 1.165) is 11.3 Å². The van der Waals surface area contributed by atoms with Gasteiger partial charge in [-0.25, -0.2) is 4.79 Å². The summed E-state index contributed by atoms with van der Waals surface area (Å²) in [6, 6.07) is 21.3. The van der Waals surface area contributed by atoms with Crippen molar-refractivity contribution in [1.29, 1.82) is 0 Å². The molecule has 0 saturated carbocycles. The Balaban J connectivity index is 1.72. The molecule has 3 amide bonds. The average Bonchev–Trinajstić information content (AvgIpc) is 2.74. The zero-order valence-electron chi connectivity index (χ0n) is 16.8. The second-order valence-corrected chi connectivity index (χ2v) is 7.32. The smallest absolute Gasteiger partial charge is 0.323 e. The normalized spacial score (nSPS) is 10.2. The van der Waals surface area contributed by atoms with E-state index in [1.165, 1.54) is 0 Å². The number of urea groups is 1. The van der Waals surface area contributed by atoms with Crippen LogP contribution >= 0.6 is 11.6 Å². The van der Waals surface area contributed by atoms with Gasteiger partial charge in [-0.05, 0) is 48.0 Å². The number of carbonyl (C=O) groups is 2. The van der Waals surface area contributed by atoms with E-state index < -0.39 is 6.03 Å². The summed E-state index contributed by atoms with van der Waals surface area (Å²) in [5.74, 6) is -0.218. The summed E-state index contributed by atoms with van der Waals surface area (Å²) < 4.78 is 0. The van der Waals surface area contributed by atoms with Crippen molar-refractivity contribution < 1.29 is 9.59 Å². The Morgan fingerprint density at radius 3 is 2.17 bits per heavy atom. The van der Waals surface area contributed by atoms with Crippen molar-refractivity contribution in [3.8, 4) is 0 Å². The molecule has 0 aliphatic carbocycles. The van der Waals surface area contributed by atoms with Gasteiger partial charge in [0.25, 0.3) is 5.91 Å². The monoisotopic (exact) mass is 422 g/mol. The largest absolute Gasteiger partial charge is 0.377 e. The molecule has 0 aromatic heterocycles. The Morgan fingerprint density at radius 1 is 0.867 bits per heavy atom. The minimum Gasteiger partial charge on any atom is -0.377 e. The standard InChI is InChI=1S/C23H23ClN4O2/c1-28(2)21-13-12-19(27-23(30)26-18-10-8-17(24)9-11-18)14-20(21)22(29)25-15-16-6-4-3-5-7-16/h3-14H,15H2,1-2H3,(H,25,29)(H2,26,27,30). The molecule has 7 heteroatoms. The van der Waals surface area contributed by atoms with Gasteiger partial charge in [-0.2, -0.15) is 0 Å². The van der Waals surface area contributed by atoms with Gasteiger partial charge in [0, 0.05) is 42.7 Å². The van der Waals surface area contributed by atoms with Crippen molar-refractivity contribution in [2.75, 3.05) is 29.6 Å². The van der Waals surface area contributed by atoms with Crippen LogP contribution in [0.3, 0.4) is 0 Å². The van der Waals surface area contributed by atoms with Gasteiger partial charge in [0.2, 0.25) is 0 Å². The molecule has 0 spiro atoms. The Bertz CT molecular complexity index is 1020. The van der Waals surface area contributed by atoms with Gasteiger partial charge in [-0.1, -0.05) is 41.9 Å². The Kier molecular flexibility index (Phi) is 6.93. The molecular formula is C23H23ClN4O2. The van der Waals surface area contributed by atoms with Crippen molar-refractivity contribution in [1.82, 2.24) is 5.32 Å². The van der Waals surface area contributed by atoms with E-state index in [9.17, 15) is 9.59 Å². The first-order valence-corrected chi connectivity index (χ1v) is 9.77. The summed E-state index contributed by atoms with van der Waals surface area (Å²) in [6.45, 7) is 0.418. The highest BCUT2D eigenvalue weighted by atomic mass is 35.5. The van der Waals surface area contributed by atoms with Crippen LogP contribution in [0.15, 0.2) is 72.8 Å². The Labute approximate surface area is 180 Å². The topological polar surface area (TPSA) is 73.5 Å². The first-order valence-electron chi connectivity index (χ1n) is 9.39. The molecule has 3 rings (SSSR count). The molecule has 3 aromatic rings. The van der Waals surface area contributed by atoms with E-state index in [0.29, 0.717) is 28.5 Å². The lowest BCUT2D eigenvalue weighted by molar-refractivity contribution is 0.0951. The molecular weight excluding hydrogens is 400 g/mol. The van der Waals surface area contributed by atoms with E-state index in [-0.39, 0.29) is 5.91 Å². The molecule has 0 unspecified atom stereocenters. The fourth-order valence-electron chi connectivity index (χ4n) is 2.89. The van der Waals surface area contributed by atoms with Crippen LogP contribution in [0, 0.1) is 0 Å². The molecule has 0 heterocycles. The summed E-state index contributed by atoms with van der Waals surface area (Å²) in [4.78, 5) is 27.0. The average molecular weight is 423 g/mol. The fourth-order valence-corrected chi connectivity index (χ4v) is 3.01. The number of benzene rings is 3. The predicted octanol–water partition coefficient (Wildman–Crippen LogP) is 4.98. The van der Waals surface area contributed by atoms with Crippen LogP contribution in [0.5, 0.6) is 0 Å². The van der Waals surface area contributed by atoms with Crippen molar-refractivity contribution in [3.63, 3.8) is 0 Å². The van der Waals surface area contributed by atoms with E-state index >= 15 is 0 Å². The number of carbonyl (C=O) groups excluding carboxylic acids is 2. The molecule has 0 fully saturated rings. The summed E-state index contributed by atoms with van der Waals surface area (Å²) in [5.41, 5.74) is 3.36. The maximum absolute atomic E-state index is 12.8. The molecule has 0 radical (unpaired) electrons. The van der Waals surface area contributed by atoms with Crippen molar-refractivity contribution in [3.05, 3.63) is 88.9 Å². The zero-order chi connectivity index (χ0) is 21.5. The third-order valence-electron chi connectivity index (χ3n) is 4.38. The first kappa shape index (κ1) is 21.2. The van der Waals surface area contributed by atoms with Crippen LogP contribution in [0.1, 0.15) is 15.9 Å². The molecule has 154 valence electrons. The number of amides is 3. The SMILES string of the molecule is CN(C)c1ccc(NC(=O)Nc2ccc(Cl)cc2)cc1C(=O)NCc1ccccc1. The van der Waals surface area contributed by atoms with Gasteiger partial charge >= 0.3 is 6.03 Å². The molecule has 0 atom stereocenters. The van der Waals surface area contributed by atoms with Gasteiger partial charge in [0.05, 0.1) is 5.56 Å². The first-order chi connectivity index (χ1) is 14.4. The van der Waals surface area contributed by atoms with Gasteiger partial charge in [0.1, 0.15) is 0 Å². The number of rotatable bonds is 6. The Hall–Kier alpha value is -3.51. The van der Waals surface area contributed by atoms with Crippen LogP contribution in [0.2, 0.25) is 5.02 Å². The zero-order valence-corrected chi connectivity index (χ0v) is 17.5. The van der Waals surface area contributed by atoms with Crippen molar-refractivity contribution >= 4 is 40.6 Å². The quantitative estimate of drug-likeness (QED) is 0.524. The summed E-state index contributed by atoms with van der Waals surface area (Å²) in [5, 5.41) is 9.01. The molecule has 0 aliphatic heterocycles. The second kappa shape index (κ2) is 9.80. The minimum absolute atomic E-state index is 0.218. The number of hydrogen-bond donors (Lipinski definition) is 3. The lowest BCUT2D eigenvalue weighted by atomic mass is 10.1. The number of anilines is 3. The van der Waals surface area contributed by atoms with Gasteiger partial charge in [-0.15, -0.1) is 0 Å². The van der Waals surface area contributed by atoms with E-state index in [2.05, 4.69) is 16.0 Å². The Morgan fingerprint density at radius 2 is 1.50 bits per heavy atom. The van der Waals surface area contributed by atoms with Gasteiger partial charge in [-0.3, -0.25) is 4.79 Å². The number of nitrogens with one attached hydrogen (secondary N) is 3. The van der Waals surface area contributed by atoms with Gasteiger partial charge in [0.15, 0.2) is 0 Å². The molecule has 6 nitrogen and oxygen atoms in total. The van der Waals surface area contributed by atoms with Gasteiger partial charge < -0.3 is 20.9 Å². The van der Waals surface area contributed by atoms with Crippen LogP contribution in [-0.2, 0) is 6.54 Å². The van der Waals surface area contributed by atoms with Crippen LogP contribution in [0.4, 0.5) is 21.9 Å². The predicted molar refractivity (Wildman–Crippen MR) is 122 cm³/mol. The van der Waals surface area contributed by atoms with Crippen LogP contribution in [0.25, 0.3) is 0 Å². The number of hydrogen-bond acceptors (Lipinski definition) is 3. The lowest BCUT2D eigenvalue weighted by Crippen LogP contribution is -2.26. The number of halogens is 1. The van der Waals surface area contributed by atoms with E-state index in [4.69, 9.17) is 11.6 Å². The highest BCUT2D eigenvalue weighted by molar-refractivity contribution is 6.30. The minimum atomic E-state index is -0.412. The van der Waals surface area contributed by atoms with Crippen LogP contribution in [-0.4, -0.2) is 26.0 Å². The van der Waals surface area contributed by atoms with Crippen LogP contribution < -0.4 is 20.9 Å². The van der Waals surface area contributed by atoms with Crippen molar-refractivity contribution in [2.24, 2.45) is 0 Å². The third-order valence-corrected chi connectivity index (χ3v) is 4.63. The molecule has 0 bridgehead atoms. The maximum Gasteiger partial charge on any atom is 0.323 e. The summed E-state index contributed by atoms with van der Waals surface area (Å²) in [6.07, 6.45) is 0. The third kappa shape index (κ3) is 5.75.